The highest BCUT2D eigenvalue weighted by molar-refractivity contribution is 7.98. The first kappa shape index (κ1) is 16.7. The van der Waals surface area contributed by atoms with Gasteiger partial charge in [0, 0.05) is 13.1 Å². The molecule has 102 valence electrons. The molecule has 0 aromatic heterocycles. The van der Waals surface area contributed by atoms with Gasteiger partial charge in [-0.05, 0) is 32.3 Å². The number of hydrogen-bond acceptors (Lipinski definition) is 4. The Morgan fingerprint density at radius 3 is 2.35 bits per heavy atom. The molecule has 0 rings (SSSR count). The quantitative estimate of drug-likeness (QED) is 0.672. The lowest BCUT2D eigenvalue weighted by Gasteiger charge is -2.23. The Labute approximate surface area is 107 Å². The van der Waals surface area contributed by atoms with Crippen LogP contribution in [0.3, 0.4) is 0 Å². The van der Waals surface area contributed by atoms with Crippen molar-refractivity contribution in [3.05, 3.63) is 0 Å². The Kier molecular flexibility index (Phi) is 7.07. The topological polar surface area (TPSA) is 86.7 Å². The summed E-state index contributed by atoms with van der Waals surface area (Å²) in [5, 5.41) is 8.93. The maximum absolute atomic E-state index is 11.8. The zero-order valence-electron chi connectivity index (χ0n) is 10.5. The van der Waals surface area contributed by atoms with Crippen molar-refractivity contribution in [2.24, 2.45) is 0 Å². The first-order chi connectivity index (χ1) is 7.72. The number of rotatable bonds is 8. The molecule has 0 aromatic carbocycles. The summed E-state index contributed by atoms with van der Waals surface area (Å²) in [6, 6.07) is -1.30. The number of carboxylic acid groups (broad SMARTS) is 1. The third-order valence-electron chi connectivity index (χ3n) is 2.31. The largest absolute Gasteiger partial charge is 0.480 e. The summed E-state index contributed by atoms with van der Waals surface area (Å²) in [6.45, 7) is 3.44. The molecule has 0 fully saturated rings. The van der Waals surface area contributed by atoms with Crippen LogP contribution < -0.4 is 4.72 Å². The Bertz CT molecular complexity index is 343. The van der Waals surface area contributed by atoms with E-state index in [-0.39, 0.29) is 12.5 Å². The molecular formula is C9H20N2O4S2. The third kappa shape index (κ3) is 5.71. The van der Waals surface area contributed by atoms with Crippen LogP contribution in [0.2, 0.25) is 0 Å². The molecule has 0 spiro atoms. The van der Waals surface area contributed by atoms with E-state index >= 15 is 0 Å². The molecule has 2 N–H and O–H groups in total. The van der Waals surface area contributed by atoms with E-state index < -0.39 is 22.2 Å². The fourth-order valence-electron chi connectivity index (χ4n) is 1.01. The highest BCUT2D eigenvalue weighted by Crippen LogP contribution is 2.06. The van der Waals surface area contributed by atoms with Crippen LogP contribution in [0.15, 0.2) is 0 Å². The fraction of sp³-hybridized carbons (Fsp3) is 0.889. The molecule has 0 amide bonds. The van der Waals surface area contributed by atoms with E-state index in [1.807, 2.05) is 6.26 Å². The van der Waals surface area contributed by atoms with Crippen molar-refractivity contribution in [3.63, 3.8) is 0 Å². The van der Waals surface area contributed by atoms with Gasteiger partial charge in [-0.25, -0.2) is 0 Å². The van der Waals surface area contributed by atoms with Gasteiger partial charge in [-0.3, -0.25) is 4.79 Å². The van der Waals surface area contributed by atoms with Crippen molar-refractivity contribution >= 4 is 27.9 Å². The first-order valence-corrected chi connectivity index (χ1v) is 8.02. The number of carbonyl (C=O) groups is 1. The molecule has 0 saturated heterocycles. The SMILES string of the molecule is CSCCC(NS(=O)(=O)N(C)C(C)C)C(=O)O. The Balaban J connectivity index is 4.69. The second-order valence-electron chi connectivity index (χ2n) is 3.91. The Morgan fingerprint density at radius 2 is 2.00 bits per heavy atom. The minimum atomic E-state index is -3.74. The minimum Gasteiger partial charge on any atom is -0.480 e. The summed E-state index contributed by atoms with van der Waals surface area (Å²) in [5.41, 5.74) is 0. The second kappa shape index (κ2) is 7.20. The van der Waals surface area contributed by atoms with Gasteiger partial charge < -0.3 is 5.11 Å². The van der Waals surface area contributed by atoms with Crippen molar-refractivity contribution < 1.29 is 18.3 Å². The number of carboxylic acids is 1. The molecule has 6 nitrogen and oxygen atoms in total. The molecule has 0 aliphatic heterocycles. The zero-order chi connectivity index (χ0) is 13.6. The van der Waals surface area contributed by atoms with E-state index in [1.54, 1.807) is 13.8 Å². The average Bonchev–Trinajstić information content (AvgIpc) is 2.22. The Morgan fingerprint density at radius 1 is 1.47 bits per heavy atom. The van der Waals surface area contributed by atoms with Gasteiger partial charge in [-0.2, -0.15) is 29.2 Å². The zero-order valence-corrected chi connectivity index (χ0v) is 12.1. The molecule has 17 heavy (non-hydrogen) atoms. The number of hydrogen-bond donors (Lipinski definition) is 2. The smallest absolute Gasteiger partial charge is 0.321 e. The van der Waals surface area contributed by atoms with Crippen LogP contribution in [0.5, 0.6) is 0 Å². The van der Waals surface area contributed by atoms with Crippen LogP contribution in [-0.2, 0) is 15.0 Å². The van der Waals surface area contributed by atoms with Gasteiger partial charge in [0.2, 0.25) is 0 Å². The summed E-state index contributed by atoms with van der Waals surface area (Å²) in [5.74, 6) is -0.565. The minimum absolute atomic E-state index is 0.220. The van der Waals surface area contributed by atoms with Crippen LogP contribution in [0.25, 0.3) is 0 Å². The van der Waals surface area contributed by atoms with Gasteiger partial charge >= 0.3 is 5.97 Å². The van der Waals surface area contributed by atoms with Crippen LogP contribution in [-0.4, -0.2) is 54.9 Å². The van der Waals surface area contributed by atoms with E-state index in [0.717, 1.165) is 4.31 Å². The van der Waals surface area contributed by atoms with Crippen molar-refractivity contribution in [2.45, 2.75) is 32.4 Å². The highest BCUT2D eigenvalue weighted by Gasteiger charge is 2.27. The molecule has 0 aliphatic rings. The van der Waals surface area contributed by atoms with Gasteiger partial charge in [0.25, 0.3) is 10.2 Å². The van der Waals surface area contributed by atoms with Gasteiger partial charge in [0.05, 0.1) is 0 Å². The summed E-state index contributed by atoms with van der Waals surface area (Å²) in [6.07, 6.45) is 2.11. The van der Waals surface area contributed by atoms with Gasteiger partial charge in [0.1, 0.15) is 6.04 Å². The van der Waals surface area contributed by atoms with Gasteiger partial charge in [-0.15, -0.1) is 0 Å². The van der Waals surface area contributed by atoms with E-state index in [0.29, 0.717) is 5.75 Å². The molecule has 0 aromatic rings. The monoisotopic (exact) mass is 284 g/mol. The van der Waals surface area contributed by atoms with Crippen LogP contribution in [0.1, 0.15) is 20.3 Å². The van der Waals surface area contributed by atoms with Crippen molar-refractivity contribution in [2.75, 3.05) is 19.1 Å². The van der Waals surface area contributed by atoms with E-state index in [4.69, 9.17) is 5.11 Å². The number of thioether (sulfide) groups is 1. The fourth-order valence-corrected chi connectivity index (χ4v) is 2.78. The molecule has 1 atom stereocenters. The summed E-state index contributed by atoms with van der Waals surface area (Å²) in [7, 11) is -2.32. The molecule has 0 saturated carbocycles. The van der Waals surface area contributed by atoms with E-state index in [9.17, 15) is 13.2 Å². The predicted octanol–water partition coefficient (Wildman–Crippen LogP) is 0.367. The normalized spacial score (nSPS) is 14.2. The van der Waals surface area contributed by atoms with Crippen molar-refractivity contribution in [3.8, 4) is 0 Å². The standard InChI is InChI=1S/C9H20N2O4S2/c1-7(2)11(3)17(14,15)10-8(9(12)13)5-6-16-4/h7-8,10H,5-6H2,1-4H3,(H,12,13). The highest BCUT2D eigenvalue weighted by atomic mass is 32.2. The summed E-state index contributed by atoms with van der Waals surface area (Å²) >= 11 is 1.48. The lowest BCUT2D eigenvalue weighted by molar-refractivity contribution is -0.139. The Hall–Kier alpha value is -0.310. The lowest BCUT2D eigenvalue weighted by Crippen LogP contribution is -2.49. The van der Waals surface area contributed by atoms with Crippen molar-refractivity contribution in [1.29, 1.82) is 0 Å². The van der Waals surface area contributed by atoms with Gasteiger partial charge in [-0.1, -0.05) is 0 Å². The predicted molar refractivity (Wildman–Crippen MR) is 69.4 cm³/mol. The summed E-state index contributed by atoms with van der Waals surface area (Å²) in [4.78, 5) is 10.9. The maximum atomic E-state index is 11.8. The number of nitrogens with zero attached hydrogens (tertiary/aromatic N) is 1. The number of aliphatic carboxylic acids is 1. The molecule has 0 aliphatic carbocycles. The summed E-state index contributed by atoms with van der Waals surface area (Å²) < 4.78 is 26.9. The molecule has 0 bridgehead atoms. The molecule has 8 heteroatoms. The van der Waals surface area contributed by atoms with Crippen LogP contribution >= 0.6 is 11.8 Å². The second-order valence-corrected chi connectivity index (χ2v) is 6.65. The molecule has 1 unspecified atom stereocenters. The van der Waals surface area contributed by atoms with E-state index in [2.05, 4.69) is 4.72 Å². The third-order valence-corrected chi connectivity index (χ3v) is 4.71. The maximum Gasteiger partial charge on any atom is 0.321 e. The van der Waals surface area contributed by atoms with Crippen LogP contribution in [0.4, 0.5) is 0 Å². The van der Waals surface area contributed by atoms with E-state index in [1.165, 1.54) is 18.8 Å². The molecular weight excluding hydrogens is 264 g/mol. The molecule has 0 heterocycles. The average molecular weight is 284 g/mol. The van der Waals surface area contributed by atoms with Crippen molar-refractivity contribution in [1.82, 2.24) is 9.03 Å². The first-order valence-electron chi connectivity index (χ1n) is 5.19. The number of nitrogens with one attached hydrogen (secondary N) is 1. The van der Waals surface area contributed by atoms with Crippen LogP contribution in [0, 0.1) is 0 Å². The molecule has 0 radical (unpaired) electrons. The van der Waals surface area contributed by atoms with Gasteiger partial charge in [0.15, 0.2) is 0 Å². The lowest BCUT2D eigenvalue weighted by atomic mass is 10.2.